The number of rotatable bonds is 5. The quantitative estimate of drug-likeness (QED) is 0.235. The number of cyclic esters (lactones) is 1. The van der Waals surface area contributed by atoms with Gasteiger partial charge in [-0.1, -0.05) is 62.4 Å². The number of allylic oxidation sites excluding steroid dienone is 1. The predicted molar refractivity (Wildman–Crippen MR) is 168 cm³/mol. The maximum absolute atomic E-state index is 13.4. The molecule has 230 valence electrons. The van der Waals surface area contributed by atoms with Crippen molar-refractivity contribution in [3.05, 3.63) is 94.1 Å². The lowest BCUT2D eigenvalue weighted by molar-refractivity contribution is -0.135. The Kier molecular flexibility index (Phi) is 9.83. The molecule has 44 heavy (non-hydrogen) atoms. The van der Waals surface area contributed by atoms with Gasteiger partial charge in [-0.25, -0.2) is 4.79 Å². The second kappa shape index (κ2) is 13.9. The standard InChI is InChI=1S/C37H40O7/c1-23(2)26-14-12-25(13-15-26)22-42-30-18-16-27(17-19-30)31-21-33(39)44-32-20-28-9-5-4-6-10-29(38)11-7-8-24(3)43-37(41)34(28)36(40)35(31)32/h5,9,12-20,23-24,31,40H,4,6-8,10-11,21-22H2,1-3H3/t24-,31+/m1/s1. The van der Waals surface area contributed by atoms with Gasteiger partial charge in [-0.05, 0) is 79.0 Å². The number of aromatic hydroxyl groups is 1. The maximum atomic E-state index is 13.4. The lowest BCUT2D eigenvalue weighted by Crippen LogP contribution is -2.23. The van der Waals surface area contributed by atoms with Crippen LogP contribution in [0.4, 0.5) is 0 Å². The molecule has 2 heterocycles. The average molecular weight is 597 g/mol. The van der Waals surface area contributed by atoms with E-state index in [4.69, 9.17) is 14.2 Å². The Morgan fingerprint density at radius 3 is 2.43 bits per heavy atom. The van der Waals surface area contributed by atoms with E-state index in [1.54, 1.807) is 19.1 Å². The minimum atomic E-state index is -0.651. The van der Waals surface area contributed by atoms with E-state index in [0.29, 0.717) is 67.9 Å². The van der Waals surface area contributed by atoms with Gasteiger partial charge >= 0.3 is 11.9 Å². The number of ether oxygens (including phenoxy) is 3. The molecule has 0 aliphatic carbocycles. The van der Waals surface area contributed by atoms with Crippen LogP contribution in [0.3, 0.4) is 0 Å². The number of phenols is 1. The maximum Gasteiger partial charge on any atom is 0.342 e. The topological polar surface area (TPSA) is 99.1 Å². The van der Waals surface area contributed by atoms with E-state index < -0.39 is 24.0 Å². The van der Waals surface area contributed by atoms with Crippen LogP contribution < -0.4 is 9.47 Å². The average Bonchev–Trinajstić information content (AvgIpc) is 2.99. The highest BCUT2D eigenvalue weighted by Gasteiger charge is 2.35. The molecule has 0 unspecified atom stereocenters. The van der Waals surface area contributed by atoms with Crippen molar-refractivity contribution in [3.8, 4) is 17.2 Å². The molecule has 0 bridgehead atoms. The van der Waals surface area contributed by atoms with Crippen molar-refractivity contribution in [2.45, 2.75) is 90.3 Å². The van der Waals surface area contributed by atoms with Gasteiger partial charge < -0.3 is 19.3 Å². The second-order valence-corrected chi connectivity index (χ2v) is 12.0. The van der Waals surface area contributed by atoms with Crippen molar-refractivity contribution in [1.29, 1.82) is 0 Å². The summed E-state index contributed by atoms with van der Waals surface area (Å²) in [6.07, 6.45) is 6.63. The molecule has 0 aromatic heterocycles. The number of benzene rings is 3. The SMILES string of the molecule is CC(C)c1ccc(COc2ccc([C@@H]3CC(=O)Oc4cc5c(c(O)c43)C(=O)O[C@H](C)CCCC(=O)CCCC=C5)cc2)cc1. The summed E-state index contributed by atoms with van der Waals surface area (Å²) in [5, 5.41) is 11.6. The highest BCUT2D eigenvalue weighted by molar-refractivity contribution is 5.98. The number of Topliss-reactive ketones (excluding diaryl/α,β-unsaturated/α-hetero) is 1. The molecular weight excluding hydrogens is 556 g/mol. The zero-order valence-electron chi connectivity index (χ0n) is 25.6. The molecule has 2 aliphatic heterocycles. The largest absolute Gasteiger partial charge is 0.507 e. The van der Waals surface area contributed by atoms with Crippen LogP contribution in [0, 0.1) is 0 Å². The fourth-order valence-corrected chi connectivity index (χ4v) is 5.77. The summed E-state index contributed by atoms with van der Waals surface area (Å²) < 4.78 is 17.3. The minimum Gasteiger partial charge on any atom is -0.507 e. The molecule has 3 aromatic rings. The van der Waals surface area contributed by atoms with Gasteiger partial charge in [-0.15, -0.1) is 0 Å². The zero-order valence-corrected chi connectivity index (χ0v) is 25.6. The smallest absolute Gasteiger partial charge is 0.342 e. The monoisotopic (exact) mass is 596 g/mol. The highest BCUT2D eigenvalue weighted by Crippen LogP contribution is 2.47. The van der Waals surface area contributed by atoms with Gasteiger partial charge in [-0.2, -0.15) is 0 Å². The third kappa shape index (κ3) is 7.39. The first-order chi connectivity index (χ1) is 21.2. The Labute approximate surface area is 258 Å². The van der Waals surface area contributed by atoms with Crippen LogP contribution in [0.5, 0.6) is 17.2 Å². The second-order valence-electron chi connectivity index (χ2n) is 12.0. The van der Waals surface area contributed by atoms with Gasteiger partial charge in [0.25, 0.3) is 0 Å². The number of hydrogen-bond donors (Lipinski definition) is 1. The van der Waals surface area contributed by atoms with Gasteiger partial charge in [0, 0.05) is 24.3 Å². The molecule has 0 saturated carbocycles. The predicted octanol–water partition coefficient (Wildman–Crippen LogP) is 8.02. The number of carbonyl (C=O) groups excluding carboxylic acids is 3. The summed E-state index contributed by atoms with van der Waals surface area (Å²) in [5.74, 6) is -0.280. The van der Waals surface area contributed by atoms with E-state index in [9.17, 15) is 19.5 Å². The van der Waals surface area contributed by atoms with E-state index in [2.05, 4.69) is 38.1 Å². The Morgan fingerprint density at radius 1 is 0.977 bits per heavy atom. The fourth-order valence-electron chi connectivity index (χ4n) is 5.77. The van der Waals surface area contributed by atoms with Crippen molar-refractivity contribution < 1.29 is 33.7 Å². The van der Waals surface area contributed by atoms with Gasteiger partial charge in [0.1, 0.15) is 35.2 Å². The van der Waals surface area contributed by atoms with Crippen LogP contribution >= 0.6 is 0 Å². The molecule has 5 rings (SSSR count). The highest BCUT2D eigenvalue weighted by atomic mass is 16.5. The minimum absolute atomic E-state index is 0.0110. The van der Waals surface area contributed by atoms with Gasteiger partial charge in [0.15, 0.2) is 0 Å². The van der Waals surface area contributed by atoms with Crippen molar-refractivity contribution in [3.63, 3.8) is 0 Å². The van der Waals surface area contributed by atoms with Gasteiger partial charge in [0.05, 0.1) is 12.5 Å². The summed E-state index contributed by atoms with van der Waals surface area (Å²) in [5.41, 5.74) is 3.96. The van der Waals surface area contributed by atoms with Gasteiger partial charge in [-0.3, -0.25) is 9.59 Å². The third-order valence-electron chi connectivity index (χ3n) is 8.31. The van der Waals surface area contributed by atoms with E-state index >= 15 is 0 Å². The molecule has 7 heteroatoms. The van der Waals surface area contributed by atoms with Crippen molar-refractivity contribution in [2.24, 2.45) is 0 Å². The molecule has 2 aliphatic rings. The van der Waals surface area contributed by atoms with E-state index in [1.807, 2.05) is 30.3 Å². The number of esters is 2. The Morgan fingerprint density at radius 2 is 1.70 bits per heavy atom. The normalized spacial score (nSPS) is 19.4. The van der Waals surface area contributed by atoms with Crippen LogP contribution in [-0.2, 0) is 20.9 Å². The van der Waals surface area contributed by atoms with Crippen molar-refractivity contribution in [1.82, 2.24) is 0 Å². The third-order valence-corrected chi connectivity index (χ3v) is 8.31. The van der Waals surface area contributed by atoms with Crippen LogP contribution in [0.2, 0.25) is 0 Å². The fraction of sp³-hybridized carbons (Fsp3) is 0.378. The van der Waals surface area contributed by atoms with E-state index in [0.717, 1.165) is 11.1 Å². The molecule has 2 atom stereocenters. The first-order valence-corrected chi connectivity index (χ1v) is 15.5. The Bertz CT molecular complexity index is 1530. The number of fused-ring (bicyclic) bond motifs is 2. The van der Waals surface area contributed by atoms with Crippen LogP contribution in [-0.4, -0.2) is 28.9 Å². The number of phenolic OH excluding ortho intramolecular Hbond substituents is 1. The molecular formula is C37H40O7. The summed E-state index contributed by atoms with van der Waals surface area (Å²) in [6, 6.07) is 17.4. The van der Waals surface area contributed by atoms with Crippen LogP contribution in [0.25, 0.3) is 6.08 Å². The molecule has 0 fully saturated rings. The number of ketones is 1. The van der Waals surface area contributed by atoms with Gasteiger partial charge in [0.2, 0.25) is 0 Å². The molecule has 7 nitrogen and oxygen atoms in total. The Hall–Kier alpha value is -4.39. The molecule has 1 N–H and O–H groups in total. The number of hydrogen-bond acceptors (Lipinski definition) is 7. The van der Waals surface area contributed by atoms with Crippen LogP contribution in [0.1, 0.15) is 116 Å². The first kappa shape index (κ1) is 31.0. The lowest BCUT2D eigenvalue weighted by atomic mass is 9.83. The molecule has 3 aromatic carbocycles. The summed E-state index contributed by atoms with van der Waals surface area (Å²) >= 11 is 0. The molecule has 0 radical (unpaired) electrons. The summed E-state index contributed by atoms with van der Waals surface area (Å²) in [6.45, 7) is 6.53. The van der Waals surface area contributed by atoms with Crippen molar-refractivity contribution >= 4 is 23.8 Å². The van der Waals surface area contributed by atoms with Crippen molar-refractivity contribution in [2.75, 3.05) is 0 Å². The molecule has 0 spiro atoms. The lowest BCUT2D eigenvalue weighted by Gasteiger charge is -2.28. The molecule has 0 saturated heterocycles. The Balaban J connectivity index is 1.42. The summed E-state index contributed by atoms with van der Waals surface area (Å²) in [7, 11) is 0. The van der Waals surface area contributed by atoms with Crippen LogP contribution in [0.15, 0.2) is 60.7 Å². The zero-order chi connectivity index (χ0) is 31.2. The number of carbonyl (C=O) groups is 3. The van der Waals surface area contributed by atoms with E-state index in [1.165, 1.54) is 5.56 Å². The first-order valence-electron chi connectivity index (χ1n) is 15.5. The molecule has 0 amide bonds. The summed E-state index contributed by atoms with van der Waals surface area (Å²) in [4.78, 5) is 38.3. The van der Waals surface area contributed by atoms with E-state index in [-0.39, 0.29) is 29.3 Å².